The molecule has 0 radical (unpaired) electrons. The summed E-state index contributed by atoms with van der Waals surface area (Å²) in [6.07, 6.45) is 5.23. The van der Waals surface area contributed by atoms with Gasteiger partial charge < -0.3 is 9.84 Å². The van der Waals surface area contributed by atoms with Gasteiger partial charge in [-0.25, -0.2) is 0 Å². The number of hydrogen-bond acceptors (Lipinski definition) is 2. The molecule has 1 unspecified atom stereocenters. The van der Waals surface area contributed by atoms with Crippen molar-refractivity contribution in [3.05, 3.63) is 29.8 Å². The zero-order valence-corrected chi connectivity index (χ0v) is 10.3. The summed E-state index contributed by atoms with van der Waals surface area (Å²) < 4.78 is 5.77. The molecular weight excluding hydrogens is 228 g/mol. The first-order chi connectivity index (χ1) is 8.72. The van der Waals surface area contributed by atoms with Gasteiger partial charge >= 0.3 is 5.97 Å². The lowest BCUT2D eigenvalue weighted by Crippen LogP contribution is -2.08. The third-order valence-corrected chi connectivity index (χ3v) is 3.70. The second-order valence-corrected chi connectivity index (χ2v) is 5.43. The molecule has 3 heteroatoms. The van der Waals surface area contributed by atoms with E-state index in [2.05, 4.69) is 0 Å². The normalized spacial score (nSPS) is 20.4. The standard InChI is InChI=1S/C15H18O3/c16-15(17)9-14(10-4-5-10)11-2-1-3-13(8-11)18-12-6-7-12/h1-3,8,10,12,14H,4-7,9H2,(H,16,17). The molecule has 18 heavy (non-hydrogen) atoms. The maximum Gasteiger partial charge on any atom is 0.303 e. The monoisotopic (exact) mass is 246 g/mol. The van der Waals surface area contributed by atoms with Gasteiger partial charge in [0.2, 0.25) is 0 Å². The van der Waals surface area contributed by atoms with Gasteiger partial charge in [-0.3, -0.25) is 4.79 Å². The smallest absolute Gasteiger partial charge is 0.303 e. The van der Waals surface area contributed by atoms with Gasteiger partial charge in [-0.1, -0.05) is 12.1 Å². The van der Waals surface area contributed by atoms with Gasteiger partial charge in [0.25, 0.3) is 0 Å². The molecule has 2 aliphatic carbocycles. The van der Waals surface area contributed by atoms with Crippen LogP contribution in [0.1, 0.15) is 43.6 Å². The lowest BCUT2D eigenvalue weighted by Gasteiger charge is -2.15. The molecule has 3 nitrogen and oxygen atoms in total. The van der Waals surface area contributed by atoms with Crippen LogP contribution in [0.3, 0.4) is 0 Å². The second-order valence-electron chi connectivity index (χ2n) is 5.43. The van der Waals surface area contributed by atoms with Crippen LogP contribution in [0.4, 0.5) is 0 Å². The van der Waals surface area contributed by atoms with E-state index in [4.69, 9.17) is 9.84 Å². The fraction of sp³-hybridized carbons (Fsp3) is 0.533. The average molecular weight is 246 g/mol. The van der Waals surface area contributed by atoms with E-state index >= 15 is 0 Å². The number of carboxylic acids is 1. The molecule has 3 rings (SSSR count). The minimum atomic E-state index is -0.708. The molecule has 96 valence electrons. The number of carboxylic acid groups (broad SMARTS) is 1. The highest BCUT2D eigenvalue weighted by Gasteiger charge is 2.34. The maximum absolute atomic E-state index is 11.0. The fourth-order valence-corrected chi connectivity index (χ4v) is 2.44. The van der Waals surface area contributed by atoms with Crippen LogP contribution in [0.25, 0.3) is 0 Å². The maximum atomic E-state index is 11.0. The van der Waals surface area contributed by atoms with Crippen LogP contribution in [-0.4, -0.2) is 17.2 Å². The van der Waals surface area contributed by atoms with Crippen LogP contribution in [-0.2, 0) is 4.79 Å². The Labute approximate surface area is 107 Å². The van der Waals surface area contributed by atoms with E-state index in [1.165, 1.54) is 0 Å². The Kier molecular flexibility index (Phi) is 2.98. The van der Waals surface area contributed by atoms with E-state index in [1.807, 2.05) is 24.3 Å². The first kappa shape index (κ1) is 11.6. The Bertz CT molecular complexity index is 447. The minimum absolute atomic E-state index is 0.158. The Morgan fingerprint density at radius 1 is 1.33 bits per heavy atom. The lowest BCUT2D eigenvalue weighted by molar-refractivity contribution is -0.137. The average Bonchev–Trinajstić information content (AvgIpc) is 3.19. The molecule has 2 fully saturated rings. The van der Waals surface area contributed by atoms with Crippen LogP contribution in [0.2, 0.25) is 0 Å². The summed E-state index contributed by atoms with van der Waals surface area (Å²) in [6, 6.07) is 8.01. The second kappa shape index (κ2) is 4.63. The molecule has 0 aliphatic heterocycles. The third kappa shape index (κ3) is 2.84. The van der Waals surface area contributed by atoms with E-state index < -0.39 is 5.97 Å². The van der Waals surface area contributed by atoms with Gasteiger partial charge in [0.15, 0.2) is 0 Å². The highest BCUT2D eigenvalue weighted by molar-refractivity contribution is 5.68. The van der Waals surface area contributed by atoms with Crippen molar-refractivity contribution in [2.45, 2.75) is 44.1 Å². The molecule has 1 N–H and O–H groups in total. The van der Waals surface area contributed by atoms with Gasteiger partial charge in [0.1, 0.15) is 5.75 Å². The SMILES string of the molecule is O=C(O)CC(c1cccc(OC2CC2)c1)C1CC1. The van der Waals surface area contributed by atoms with Crippen LogP contribution in [0.5, 0.6) is 5.75 Å². The topological polar surface area (TPSA) is 46.5 Å². The van der Waals surface area contributed by atoms with E-state index in [-0.39, 0.29) is 12.3 Å². The predicted molar refractivity (Wildman–Crippen MR) is 67.8 cm³/mol. The van der Waals surface area contributed by atoms with Gasteiger partial charge in [0.05, 0.1) is 12.5 Å². The summed E-state index contributed by atoms with van der Waals surface area (Å²) in [6.45, 7) is 0. The molecule has 1 aromatic rings. The van der Waals surface area contributed by atoms with Crippen LogP contribution in [0.15, 0.2) is 24.3 Å². The molecule has 0 saturated heterocycles. The molecule has 1 aromatic carbocycles. The lowest BCUT2D eigenvalue weighted by atomic mass is 9.91. The molecule has 0 bridgehead atoms. The van der Waals surface area contributed by atoms with Gasteiger partial charge in [-0.2, -0.15) is 0 Å². The van der Waals surface area contributed by atoms with Crippen molar-refractivity contribution >= 4 is 5.97 Å². The molecule has 0 amide bonds. The summed E-state index contributed by atoms with van der Waals surface area (Å²) in [7, 11) is 0. The minimum Gasteiger partial charge on any atom is -0.490 e. The van der Waals surface area contributed by atoms with E-state index in [9.17, 15) is 4.79 Å². The molecule has 0 aromatic heterocycles. The highest BCUT2D eigenvalue weighted by atomic mass is 16.5. The number of ether oxygens (including phenoxy) is 1. The molecule has 0 heterocycles. The van der Waals surface area contributed by atoms with Crippen molar-refractivity contribution < 1.29 is 14.6 Å². The van der Waals surface area contributed by atoms with E-state index in [0.29, 0.717) is 12.0 Å². The summed E-state index contributed by atoms with van der Waals surface area (Å²) in [4.78, 5) is 11.0. The van der Waals surface area contributed by atoms with Crippen molar-refractivity contribution in [1.82, 2.24) is 0 Å². The summed E-state index contributed by atoms with van der Waals surface area (Å²) >= 11 is 0. The zero-order valence-electron chi connectivity index (χ0n) is 10.3. The highest BCUT2D eigenvalue weighted by Crippen LogP contribution is 2.45. The fourth-order valence-electron chi connectivity index (χ4n) is 2.44. The summed E-state index contributed by atoms with van der Waals surface area (Å²) in [5, 5.41) is 9.02. The van der Waals surface area contributed by atoms with Crippen molar-refractivity contribution in [3.8, 4) is 5.75 Å². The van der Waals surface area contributed by atoms with Crippen molar-refractivity contribution in [1.29, 1.82) is 0 Å². The Balaban J connectivity index is 1.76. The van der Waals surface area contributed by atoms with Crippen LogP contribution < -0.4 is 4.74 Å². The third-order valence-electron chi connectivity index (χ3n) is 3.70. The van der Waals surface area contributed by atoms with Gasteiger partial charge in [-0.05, 0) is 55.2 Å². The van der Waals surface area contributed by atoms with Crippen molar-refractivity contribution in [2.24, 2.45) is 5.92 Å². The number of carbonyl (C=O) groups is 1. The van der Waals surface area contributed by atoms with E-state index in [1.54, 1.807) is 0 Å². The molecule has 2 saturated carbocycles. The summed E-state index contributed by atoms with van der Waals surface area (Å²) in [5.41, 5.74) is 1.12. The Morgan fingerprint density at radius 3 is 2.72 bits per heavy atom. The molecule has 1 atom stereocenters. The van der Waals surface area contributed by atoms with Crippen molar-refractivity contribution in [3.63, 3.8) is 0 Å². The first-order valence-electron chi connectivity index (χ1n) is 6.71. The summed E-state index contributed by atoms with van der Waals surface area (Å²) in [5.74, 6) is 0.897. The molecule has 2 aliphatic rings. The first-order valence-corrected chi connectivity index (χ1v) is 6.71. The quantitative estimate of drug-likeness (QED) is 0.838. The predicted octanol–water partition coefficient (Wildman–Crippen LogP) is 3.20. The van der Waals surface area contributed by atoms with E-state index in [0.717, 1.165) is 37.0 Å². The van der Waals surface area contributed by atoms with Crippen LogP contribution >= 0.6 is 0 Å². The Hall–Kier alpha value is -1.51. The molecule has 0 spiro atoms. The Morgan fingerprint density at radius 2 is 2.11 bits per heavy atom. The van der Waals surface area contributed by atoms with Crippen molar-refractivity contribution in [2.75, 3.05) is 0 Å². The number of rotatable bonds is 6. The number of hydrogen-bond donors (Lipinski definition) is 1. The largest absolute Gasteiger partial charge is 0.490 e. The van der Waals surface area contributed by atoms with Gasteiger partial charge in [0, 0.05) is 0 Å². The van der Waals surface area contributed by atoms with Gasteiger partial charge in [-0.15, -0.1) is 0 Å². The van der Waals surface area contributed by atoms with Crippen LogP contribution in [0, 0.1) is 5.92 Å². The zero-order chi connectivity index (χ0) is 12.5. The number of benzene rings is 1. The molecular formula is C15H18O3. The number of aliphatic carboxylic acids is 1.